The van der Waals surface area contributed by atoms with Gasteiger partial charge in [0.1, 0.15) is 17.0 Å². The first-order chi connectivity index (χ1) is 9.72. The number of anilines is 1. The van der Waals surface area contributed by atoms with Crippen molar-refractivity contribution < 1.29 is 0 Å². The second-order valence-corrected chi connectivity index (χ2v) is 6.70. The summed E-state index contributed by atoms with van der Waals surface area (Å²) in [6.45, 7) is 9.84. The summed E-state index contributed by atoms with van der Waals surface area (Å²) >= 11 is 1.78. The van der Waals surface area contributed by atoms with Gasteiger partial charge in [0, 0.05) is 24.0 Å². The molecule has 0 spiro atoms. The van der Waals surface area contributed by atoms with Crippen molar-refractivity contribution in [2.75, 3.05) is 24.5 Å². The zero-order valence-corrected chi connectivity index (χ0v) is 13.3. The van der Waals surface area contributed by atoms with Gasteiger partial charge in [-0.1, -0.05) is 6.92 Å². The molecular weight excluding hydrogens is 268 g/mol. The van der Waals surface area contributed by atoms with Crippen LogP contribution in [0.15, 0.2) is 6.33 Å². The first-order valence-electron chi connectivity index (χ1n) is 7.40. The Hall–Kier alpha value is -1.20. The van der Waals surface area contributed by atoms with E-state index in [9.17, 15) is 0 Å². The summed E-state index contributed by atoms with van der Waals surface area (Å²) in [6, 6.07) is 0.563. The molecule has 0 bridgehead atoms. The molecule has 1 unspecified atom stereocenters. The minimum atomic E-state index is 0.563. The van der Waals surface area contributed by atoms with E-state index in [1.807, 2.05) is 0 Å². The van der Waals surface area contributed by atoms with Crippen LogP contribution in [0.25, 0.3) is 10.2 Å². The largest absolute Gasteiger partial charge is 0.352 e. The van der Waals surface area contributed by atoms with Crippen LogP contribution in [0.1, 0.15) is 30.2 Å². The maximum Gasteiger partial charge on any atom is 0.141 e. The van der Waals surface area contributed by atoms with E-state index in [0.29, 0.717) is 6.04 Å². The SMILES string of the molecule is CCCN(c1ncnc2sc(C)c(C)c12)C1CCNC1. The van der Waals surface area contributed by atoms with Crippen LogP contribution in [-0.4, -0.2) is 35.6 Å². The molecule has 1 N–H and O–H groups in total. The van der Waals surface area contributed by atoms with Crippen LogP contribution >= 0.6 is 11.3 Å². The molecule has 2 aromatic heterocycles. The van der Waals surface area contributed by atoms with Crippen molar-refractivity contribution in [1.29, 1.82) is 0 Å². The number of aryl methyl sites for hydroxylation is 2. The molecule has 1 saturated heterocycles. The lowest BCUT2D eigenvalue weighted by Crippen LogP contribution is -2.38. The smallest absolute Gasteiger partial charge is 0.141 e. The highest BCUT2D eigenvalue weighted by Crippen LogP contribution is 2.35. The molecule has 0 saturated carbocycles. The van der Waals surface area contributed by atoms with Crippen LogP contribution in [0.5, 0.6) is 0 Å². The predicted molar refractivity (Wildman–Crippen MR) is 85.8 cm³/mol. The van der Waals surface area contributed by atoms with E-state index in [0.717, 1.165) is 36.7 Å². The first kappa shape index (κ1) is 13.8. The van der Waals surface area contributed by atoms with E-state index in [1.165, 1.54) is 22.2 Å². The summed E-state index contributed by atoms with van der Waals surface area (Å²) < 4.78 is 0. The molecule has 1 aliphatic rings. The first-order valence-corrected chi connectivity index (χ1v) is 8.22. The highest BCUT2D eigenvalue weighted by atomic mass is 32.1. The van der Waals surface area contributed by atoms with Crippen LogP contribution in [0, 0.1) is 13.8 Å². The number of rotatable bonds is 4. The summed E-state index contributed by atoms with van der Waals surface area (Å²) in [7, 11) is 0. The zero-order valence-electron chi connectivity index (χ0n) is 12.4. The molecule has 3 heterocycles. The summed E-state index contributed by atoms with van der Waals surface area (Å²) in [5.74, 6) is 1.13. The molecule has 0 aliphatic carbocycles. The lowest BCUT2D eigenvalue weighted by atomic mass is 10.1. The fourth-order valence-corrected chi connectivity index (χ4v) is 3.98. The second-order valence-electron chi connectivity index (χ2n) is 5.50. The third kappa shape index (κ3) is 2.29. The quantitative estimate of drug-likeness (QED) is 0.940. The molecule has 1 atom stereocenters. The zero-order chi connectivity index (χ0) is 14.1. The normalized spacial score (nSPS) is 18.9. The Balaban J connectivity index is 2.10. The van der Waals surface area contributed by atoms with Crippen LogP contribution < -0.4 is 10.2 Å². The third-order valence-corrected chi connectivity index (χ3v) is 5.27. The van der Waals surface area contributed by atoms with Gasteiger partial charge in [-0.05, 0) is 38.8 Å². The van der Waals surface area contributed by atoms with Crippen LogP contribution in [0.4, 0.5) is 5.82 Å². The van der Waals surface area contributed by atoms with Crippen LogP contribution in [-0.2, 0) is 0 Å². The summed E-state index contributed by atoms with van der Waals surface area (Å²) in [5, 5.41) is 4.73. The molecule has 20 heavy (non-hydrogen) atoms. The van der Waals surface area contributed by atoms with E-state index in [-0.39, 0.29) is 0 Å². The van der Waals surface area contributed by atoms with E-state index < -0.39 is 0 Å². The molecule has 0 amide bonds. The molecule has 0 radical (unpaired) electrons. The maximum absolute atomic E-state index is 4.64. The van der Waals surface area contributed by atoms with Gasteiger partial charge >= 0.3 is 0 Å². The van der Waals surface area contributed by atoms with Gasteiger partial charge in [0.15, 0.2) is 0 Å². The van der Waals surface area contributed by atoms with E-state index in [1.54, 1.807) is 17.7 Å². The lowest BCUT2D eigenvalue weighted by molar-refractivity contribution is 0.620. The van der Waals surface area contributed by atoms with Crippen molar-refractivity contribution >= 4 is 27.4 Å². The van der Waals surface area contributed by atoms with Gasteiger partial charge in [-0.2, -0.15) is 0 Å². The molecule has 1 aliphatic heterocycles. The van der Waals surface area contributed by atoms with Gasteiger partial charge in [0.2, 0.25) is 0 Å². The Labute approximate surface area is 124 Å². The Morgan fingerprint density at radius 3 is 2.95 bits per heavy atom. The number of nitrogens with zero attached hydrogens (tertiary/aromatic N) is 3. The number of thiophene rings is 1. The third-order valence-electron chi connectivity index (χ3n) is 4.16. The average Bonchev–Trinajstić information content (AvgIpc) is 3.06. The monoisotopic (exact) mass is 290 g/mol. The van der Waals surface area contributed by atoms with Gasteiger partial charge in [0.05, 0.1) is 5.39 Å². The Morgan fingerprint density at radius 2 is 2.25 bits per heavy atom. The molecule has 3 rings (SSSR count). The lowest BCUT2D eigenvalue weighted by Gasteiger charge is -2.30. The van der Waals surface area contributed by atoms with Gasteiger partial charge < -0.3 is 10.2 Å². The van der Waals surface area contributed by atoms with Crippen molar-refractivity contribution in [2.24, 2.45) is 0 Å². The van der Waals surface area contributed by atoms with Crippen molar-refractivity contribution in [1.82, 2.24) is 15.3 Å². The van der Waals surface area contributed by atoms with Gasteiger partial charge in [-0.15, -0.1) is 11.3 Å². The second kappa shape index (κ2) is 5.66. The fourth-order valence-electron chi connectivity index (χ4n) is 2.99. The molecule has 5 heteroatoms. The Kier molecular flexibility index (Phi) is 3.89. The fraction of sp³-hybridized carbons (Fsp3) is 0.600. The molecular formula is C15H22N4S. The number of aromatic nitrogens is 2. The van der Waals surface area contributed by atoms with Crippen LogP contribution in [0.3, 0.4) is 0 Å². The molecule has 2 aromatic rings. The number of hydrogen-bond acceptors (Lipinski definition) is 5. The molecule has 108 valence electrons. The summed E-state index contributed by atoms with van der Waals surface area (Å²) in [6.07, 6.45) is 4.07. The summed E-state index contributed by atoms with van der Waals surface area (Å²) in [4.78, 5) is 14.1. The van der Waals surface area contributed by atoms with Crippen LogP contribution in [0.2, 0.25) is 0 Å². The highest BCUT2D eigenvalue weighted by molar-refractivity contribution is 7.18. The Morgan fingerprint density at radius 1 is 1.40 bits per heavy atom. The van der Waals surface area contributed by atoms with E-state index in [2.05, 4.69) is 41.0 Å². The van der Waals surface area contributed by atoms with Gasteiger partial charge in [-0.3, -0.25) is 0 Å². The number of hydrogen-bond donors (Lipinski definition) is 1. The van der Waals surface area contributed by atoms with Crippen molar-refractivity contribution in [3.05, 3.63) is 16.8 Å². The van der Waals surface area contributed by atoms with Crippen molar-refractivity contribution in [3.63, 3.8) is 0 Å². The maximum atomic E-state index is 4.64. The number of nitrogens with one attached hydrogen (secondary N) is 1. The van der Waals surface area contributed by atoms with E-state index >= 15 is 0 Å². The van der Waals surface area contributed by atoms with Crippen molar-refractivity contribution in [3.8, 4) is 0 Å². The van der Waals surface area contributed by atoms with Gasteiger partial charge in [-0.25, -0.2) is 9.97 Å². The van der Waals surface area contributed by atoms with Gasteiger partial charge in [0.25, 0.3) is 0 Å². The minimum Gasteiger partial charge on any atom is -0.352 e. The summed E-state index contributed by atoms with van der Waals surface area (Å²) in [5.41, 5.74) is 1.34. The topological polar surface area (TPSA) is 41.1 Å². The van der Waals surface area contributed by atoms with Crippen molar-refractivity contribution in [2.45, 2.75) is 39.7 Å². The predicted octanol–water partition coefficient (Wildman–Crippen LogP) is 2.89. The molecule has 1 fully saturated rings. The molecule has 0 aromatic carbocycles. The Bertz CT molecular complexity index is 601. The average molecular weight is 290 g/mol. The number of fused-ring (bicyclic) bond motifs is 1. The molecule has 4 nitrogen and oxygen atoms in total. The standard InChI is InChI=1S/C15H22N4S/c1-4-7-19(12-5-6-16-8-12)14-13-10(2)11(3)20-15(13)18-9-17-14/h9,12,16H,4-8H2,1-3H3. The minimum absolute atomic E-state index is 0.563. The van der Waals surface area contributed by atoms with E-state index in [4.69, 9.17) is 0 Å². The highest BCUT2D eigenvalue weighted by Gasteiger charge is 2.25.